The van der Waals surface area contributed by atoms with Crippen LogP contribution in [0.4, 0.5) is 13.2 Å². The highest BCUT2D eigenvalue weighted by atomic mass is 19.4. The number of amides is 1. The van der Waals surface area contributed by atoms with E-state index in [1.807, 2.05) is 0 Å². The second-order valence-electron chi connectivity index (χ2n) is 3.12. The van der Waals surface area contributed by atoms with Crippen LogP contribution in [0.5, 0.6) is 0 Å². The Labute approximate surface area is 73.5 Å². The van der Waals surface area contributed by atoms with Crippen LogP contribution in [-0.2, 0) is 4.79 Å². The van der Waals surface area contributed by atoms with Crippen molar-refractivity contribution < 1.29 is 18.0 Å². The van der Waals surface area contributed by atoms with Crippen LogP contribution in [0.3, 0.4) is 0 Å². The van der Waals surface area contributed by atoms with Crippen molar-refractivity contribution in [2.45, 2.75) is 25.1 Å². The molecule has 6 heteroatoms. The molecule has 0 spiro atoms. The van der Waals surface area contributed by atoms with Crippen LogP contribution >= 0.6 is 0 Å². The number of hydrogen-bond donors (Lipinski definition) is 2. The van der Waals surface area contributed by atoms with Gasteiger partial charge in [0.25, 0.3) is 0 Å². The first-order valence-corrected chi connectivity index (χ1v) is 4.02. The molecule has 1 rings (SSSR count). The van der Waals surface area contributed by atoms with Gasteiger partial charge in [-0.2, -0.15) is 13.2 Å². The lowest BCUT2D eigenvalue weighted by atomic mass is 9.90. The van der Waals surface area contributed by atoms with Gasteiger partial charge < -0.3 is 11.1 Å². The highest BCUT2D eigenvalue weighted by Gasteiger charge is 2.47. The molecule has 2 atom stereocenters. The van der Waals surface area contributed by atoms with Crippen molar-refractivity contribution in [1.29, 1.82) is 0 Å². The normalized spacial score (nSPS) is 30.1. The molecule has 1 heterocycles. The number of piperidine rings is 1. The summed E-state index contributed by atoms with van der Waals surface area (Å²) in [6.07, 6.45) is -3.94. The van der Waals surface area contributed by atoms with E-state index in [2.05, 4.69) is 5.32 Å². The number of carbonyl (C=O) groups excluding carboxylic acids is 1. The van der Waals surface area contributed by atoms with E-state index in [4.69, 9.17) is 5.73 Å². The van der Waals surface area contributed by atoms with Crippen LogP contribution in [0.25, 0.3) is 0 Å². The van der Waals surface area contributed by atoms with Crippen molar-refractivity contribution in [3.63, 3.8) is 0 Å². The SMILES string of the molecule is NC(=O)C1NCCCC1C(F)(F)F. The molecule has 1 amide bonds. The summed E-state index contributed by atoms with van der Waals surface area (Å²) in [6, 6.07) is -1.26. The van der Waals surface area contributed by atoms with E-state index in [0.717, 1.165) is 0 Å². The van der Waals surface area contributed by atoms with E-state index in [0.29, 0.717) is 13.0 Å². The zero-order valence-electron chi connectivity index (χ0n) is 6.90. The molecule has 0 saturated carbocycles. The van der Waals surface area contributed by atoms with Crippen LogP contribution in [0.2, 0.25) is 0 Å². The first-order valence-electron chi connectivity index (χ1n) is 4.02. The Morgan fingerprint density at radius 3 is 2.46 bits per heavy atom. The highest BCUT2D eigenvalue weighted by molar-refractivity contribution is 5.80. The van der Waals surface area contributed by atoms with E-state index in [1.54, 1.807) is 0 Å². The van der Waals surface area contributed by atoms with E-state index in [9.17, 15) is 18.0 Å². The summed E-state index contributed by atoms with van der Waals surface area (Å²) < 4.78 is 36.9. The third-order valence-corrected chi connectivity index (χ3v) is 2.19. The third kappa shape index (κ3) is 2.33. The third-order valence-electron chi connectivity index (χ3n) is 2.19. The van der Waals surface area contributed by atoms with Crippen LogP contribution in [0.1, 0.15) is 12.8 Å². The second-order valence-corrected chi connectivity index (χ2v) is 3.12. The number of halogens is 3. The lowest BCUT2D eigenvalue weighted by Crippen LogP contribution is -2.54. The minimum atomic E-state index is -4.34. The largest absolute Gasteiger partial charge is 0.393 e. The minimum Gasteiger partial charge on any atom is -0.368 e. The van der Waals surface area contributed by atoms with Crippen molar-refractivity contribution >= 4 is 5.91 Å². The summed E-state index contributed by atoms with van der Waals surface area (Å²) in [5.41, 5.74) is 4.85. The summed E-state index contributed by atoms with van der Waals surface area (Å²) >= 11 is 0. The van der Waals surface area contributed by atoms with Gasteiger partial charge >= 0.3 is 6.18 Å². The van der Waals surface area contributed by atoms with Crippen molar-refractivity contribution in [1.82, 2.24) is 5.32 Å². The summed E-state index contributed by atoms with van der Waals surface area (Å²) in [6.45, 7) is 0.417. The van der Waals surface area contributed by atoms with E-state index in [1.165, 1.54) is 0 Å². The zero-order valence-corrected chi connectivity index (χ0v) is 6.90. The lowest BCUT2D eigenvalue weighted by molar-refractivity contribution is -0.189. The summed E-state index contributed by atoms with van der Waals surface area (Å²) in [5.74, 6) is -2.55. The summed E-state index contributed by atoms with van der Waals surface area (Å²) in [7, 11) is 0. The summed E-state index contributed by atoms with van der Waals surface area (Å²) in [4.78, 5) is 10.7. The lowest BCUT2D eigenvalue weighted by Gasteiger charge is -2.31. The van der Waals surface area contributed by atoms with Crippen LogP contribution in [0, 0.1) is 5.92 Å². The van der Waals surface area contributed by atoms with Gasteiger partial charge in [-0.1, -0.05) is 0 Å². The molecule has 0 aliphatic carbocycles. The molecule has 0 aromatic rings. The van der Waals surface area contributed by atoms with Gasteiger partial charge in [0.2, 0.25) is 5.91 Å². The molecule has 76 valence electrons. The van der Waals surface area contributed by atoms with Crippen molar-refractivity contribution in [3.8, 4) is 0 Å². The van der Waals surface area contributed by atoms with Gasteiger partial charge in [0.15, 0.2) is 0 Å². The van der Waals surface area contributed by atoms with Crippen LogP contribution in [0.15, 0.2) is 0 Å². The molecular weight excluding hydrogens is 185 g/mol. The molecule has 1 aliphatic rings. The summed E-state index contributed by atoms with van der Waals surface area (Å²) in [5, 5.41) is 2.48. The Kier molecular flexibility index (Phi) is 2.80. The topological polar surface area (TPSA) is 55.1 Å². The number of carbonyl (C=O) groups is 1. The molecule has 1 saturated heterocycles. The maximum absolute atomic E-state index is 12.3. The van der Waals surface area contributed by atoms with Crippen molar-refractivity contribution in [3.05, 3.63) is 0 Å². The number of rotatable bonds is 1. The minimum absolute atomic E-state index is 0.0237. The van der Waals surface area contributed by atoms with Crippen molar-refractivity contribution in [2.75, 3.05) is 6.54 Å². The molecule has 3 nitrogen and oxygen atoms in total. The Morgan fingerprint density at radius 1 is 1.46 bits per heavy atom. The fourth-order valence-corrected chi connectivity index (χ4v) is 1.54. The monoisotopic (exact) mass is 196 g/mol. The fraction of sp³-hybridized carbons (Fsp3) is 0.857. The quantitative estimate of drug-likeness (QED) is 0.637. The molecule has 1 aliphatic heterocycles. The highest BCUT2D eigenvalue weighted by Crippen LogP contribution is 2.34. The van der Waals surface area contributed by atoms with E-state index >= 15 is 0 Å². The Bertz CT molecular complexity index is 204. The average Bonchev–Trinajstić information content (AvgIpc) is 2.03. The Hall–Kier alpha value is -0.780. The van der Waals surface area contributed by atoms with E-state index in [-0.39, 0.29) is 6.42 Å². The van der Waals surface area contributed by atoms with Gasteiger partial charge in [-0.3, -0.25) is 4.79 Å². The van der Waals surface area contributed by atoms with Crippen molar-refractivity contribution in [2.24, 2.45) is 11.7 Å². The van der Waals surface area contributed by atoms with Gasteiger partial charge in [0.05, 0.1) is 12.0 Å². The molecule has 13 heavy (non-hydrogen) atoms. The molecule has 0 aromatic heterocycles. The standard InChI is InChI=1S/C7H11F3N2O/c8-7(9,10)4-2-1-3-12-5(4)6(11)13/h4-5,12H,1-3H2,(H2,11,13). The second kappa shape index (κ2) is 3.53. The molecule has 0 aromatic carbocycles. The van der Waals surface area contributed by atoms with E-state index < -0.39 is 24.0 Å². The maximum atomic E-state index is 12.3. The Balaban J connectivity index is 2.73. The number of alkyl halides is 3. The van der Waals surface area contributed by atoms with Crippen LogP contribution < -0.4 is 11.1 Å². The molecule has 0 bridgehead atoms. The zero-order chi connectivity index (χ0) is 10.1. The molecule has 2 unspecified atom stereocenters. The molecule has 1 fully saturated rings. The predicted molar refractivity (Wildman–Crippen MR) is 39.8 cm³/mol. The smallest absolute Gasteiger partial charge is 0.368 e. The average molecular weight is 196 g/mol. The molecule has 0 radical (unpaired) electrons. The predicted octanol–water partition coefficient (Wildman–Crippen LogP) is 0.402. The maximum Gasteiger partial charge on any atom is 0.393 e. The van der Waals surface area contributed by atoms with Crippen LogP contribution in [-0.4, -0.2) is 24.7 Å². The molecular formula is C7H11F3N2O. The first kappa shape index (κ1) is 10.3. The van der Waals surface area contributed by atoms with Gasteiger partial charge in [-0.25, -0.2) is 0 Å². The van der Waals surface area contributed by atoms with Gasteiger partial charge in [0.1, 0.15) is 0 Å². The number of primary amides is 1. The fourth-order valence-electron chi connectivity index (χ4n) is 1.54. The number of nitrogens with one attached hydrogen (secondary N) is 1. The molecule has 3 N–H and O–H groups in total. The Morgan fingerprint density at radius 2 is 2.08 bits per heavy atom. The van der Waals surface area contributed by atoms with Gasteiger partial charge in [-0.05, 0) is 19.4 Å². The van der Waals surface area contributed by atoms with Gasteiger partial charge in [-0.15, -0.1) is 0 Å². The first-order chi connectivity index (χ1) is 5.93. The number of hydrogen-bond acceptors (Lipinski definition) is 2. The number of nitrogens with two attached hydrogens (primary N) is 1. The van der Waals surface area contributed by atoms with Gasteiger partial charge in [0, 0.05) is 0 Å².